The van der Waals surface area contributed by atoms with Crippen molar-refractivity contribution >= 4 is 39.2 Å². The maximum Gasteiger partial charge on any atom is 0.149 e. The van der Waals surface area contributed by atoms with Crippen LogP contribution < -0.4 is 5.73 Å². The summed E-state index contributed by atoms with van der Waals surface area (Å²) in [7, 11) is 0. The van der Waals surface area contributed by atoms with Crippen LogP contribution in [0.15, 0.2) is 18.3 Å². The molecule has 0 aliphatic rings. The number of nitrogen functional groups attached to an aromatic ring is 1. The van der Waals surface area contributed by atoms with Gasteiger partial charge in [0, 0.05) is 6.20 Å². The van der Waals surface area contributed by atoms with Gasteiger partial charge in [-0.3, -0.25) is 4.98 Å². The molecule has 1 aromatic carbocycles. The summed E-state index contributed by atoms with van der Waals surface area (Å²) >= 11 is 1.92. The second-order valence-electron chi connectivity index (χ2n) is 2.77. The van der Waals surface area contributed by atoms with Gasteiger partial charge >= 0.3 is 0 Å². The maximum absolute atomic E-state index is 13.3. The Balaban J connectivity index is 3.01. The molecular weight excluding hydrogens is 301 g/mol. The van der Waals surface area contributed by atoms with E-state index in [1.54, 1.807) is 0 Å². The van der Waals surface area contributed by atoms with E-state index in [0.717, 1.165) is 12.1 Å². The third kappa shape index (κ3) is 1.31. The van der Waals surface area contributed by atoms with Crippen LogP contribution in [-0.4, -0.2) is 4.98 Å². The molecule has 0 fully saturated rings. The Labute approximate surface area is 92.3 Å². The lowest BCUT2D eigenvalue weighted by Gasteiger charge is -2.05. The molecular formula is C9H5F2IN2. The molecule has 0 saturated heterocycles. The fourth-order valence-corrected chi connectivity index (χ4v) is 1.64. The van der Waals surface area contributed by atoms with E-state index in [-0.39, 0.29) is 16.6 Å². The molecule has 14 heavy (non-hydrogen) atoms. The lowest BCUT2D eigenvalue weighted by molar-refractivity contribution is 0.615. The molecule has 0 aliphatic heterocycles. The predicted octanol–water partition coefficient (Wildman–Crippen LogP) is 2.70. The number of hydrogen-bond donors (Lipinski definition) is 1. The Hall–Kier alpha value is -0.980. The third-order valence-corrected chi connectivity index (χ3v) is 2.77. The average molecular weight is 306 g/mol. The average Bonchev–Trinajstić information content (AvgIpc) is 2.16. The van der Waals surface area contributed by atoms with Gasteiger partial charge in [0.25, 0.3) is 0 Å². The van der Waals surface area contributed by atoms with Crippen molar-refractivity contribution in [1.82, 2.24) is 4.98 Å². The van der Waals surface area contributed by atoms with Crippen molar-refractivity contribution < 1.29 is 8.78 Å². The van der Waals surface area contributed by atoms with Gasteiger partial charge in [-0.2, -0.15) is 0 Å². The predicted molar refractivity (Wildman–Crippen MR) is 58.8 cm³/mol. The highest BCUT2D eigenvalue weighted by molar-refractivity contribution is 14.1. The fourth-order valence-electron chi connectivity index (χ4n) is 1.23. The molecule has 2 nitrogen and oxygen atoms in total. The second kappa shape index (κ2) is 3.30. The van der Waals surface area contributed by atoms with Crippen molar-refractivity contribution in [1.29, 1.82) is 0 Å². The van der Waals surface area contributed by atoms with Gasteiger partial charge in [0.05, 0.1) is 14.6 Å². The number of rotatable bonds is 0. The zero-order chi connectivity index (χ0) is 10.3. The van der Waals surface area contributed by atoms with Crippen LogP contribution in [0.3, 0.4) is 0 Å². The van der Waals surface area contributed by atoms with Crippen LogP contribution >= 0.6 is 22.6 Å². The van der Waals surface area contributed by atoms with Crippen molar-refractivity contribution in [2.75, 3.05) is 5.73 Å². The summed E-state index contributed by atoms with van der Waals surface area (Å²) in [6, 6.07) is 2.09. The molecule has 2 rings (SSSR count). The fraction of sp³-hybridized carbons (Fsp3) is 0. The maximum atomic E-state index is 13.3. The molecule has 0 atom stereocenters. The van der Waals surface area contributed by atoms with Crippen LogP contribution in [0.5, 0.6) is 0 Å². The number of halogens is 3. The van der Waals surface area contributed by atoms with E-state index in [0.29, 0.717) is 3.57 Å². The molecule has 0 aliphatic carbocycles. The van der Waals surface area contributed by atoms with E-state index in [2.05, 4.69) is 4.98 Å². The molecule has 5 heteroatoms. The Morgan fingerprint density at radius 2 is 1.86 bits per heavy atom. The number of hydrogen-bond acceptors (Lipinski definition) is 2. The molecule has 1 heterocycles. The van der Waals surface area contributed by atoms with E-state index in [1.807, 2.05) is 22.6 Å². The summed E-state index contributed by atoms with van der Waals surface area (Å²) < 4.78 is 27.1. The largest absolute Gasteiger partial charge is 0.397 e. The number of pyridine rings is 1. The molecule has 0 bridgehead atoms. The van der Waals surface area contributed by atoms with Crippen molar-refractivity contribution in [3.63, 3.8) is 0 Å². The topological polar surface area (TPSA) is 38.9 Å². The first-order valence-corrected chi connectivity index (χ1v) is 4.87. The first-order chi connectivity index (χ1) is 6.61. The van der Waals surface area contributed by atoms with Crippen LogP contribution in [0.2, 0.25) is 0 Å². The van der Waals surface area contributed by atoms with Crippen molar-refractivity contribution in [2.45, 2.75) is 0 Å². The molecule has 0 unspecified atom stereocenters. The first-order valence-electron chi connectivity index (χ1n) is 3.79. The summed E-state index contributed by atoms with van der Waals surface area (Å²) in [6.45, 7) is 0. The monoisotopic (exact) mass is 306 g/mol. The van der Waals surface area contributed by atoms with Crippen molar-refractivity contribution in [2.24, 2.45) is 0 Å². The van der Waals surface area contributed by atoms with E-state index >= 15 is 0 Å². The summed E-state index contributed by atoms with van der Waals surface area (Å²) in [6.07, 6.45) is 1.42. The minimum Gasteiger partial charge on any atom is -0.397 e. The van der Waals surface area contributed by atoms with Crippen molar-refractivity contribution in [3.8, 4) is 0 Å². The minimum atomic E-state index is -0.565. The number of nitrogens with zero attached hydrogens (tertiary/aromatic N) is 1. The van der Waals surface area contributed by atoms with Crippen LogP contribution in [-0.2, 0) is 0 Å². The minimum absolute atomic E-state index is 0.0251. The molecule has 1 aromatic heterocycles. The Kier molecular flexibility index (Phi) is 2.26. The smallest absolute Gasteiger partial charge is 0.149 e. The number of aromatic nitrogens is 1. The van der Waals surface area contributed by atoms with Crippen LogP contribution in [0, 0.1) is 15.2 Å². The Bertz CT molecular complexity index is 514. The molecule has 0 amide bonds. The standard InChI is InChI=1S/C9H5F2IN2/c10-4-1-2-5(11)9-7(4)8(13)6(12)3-14-9/h1-3H,(H2,13,14). The summed E-state index contributed by atoms with van der Waals surface area (Å²) in [5.41, 5.74) is 5.84. The summed E-state index contributed by atoms with van der Waals surface area (Å²) in [5.74, 6) is -1.12. The van der Waals surface area contributed by atoms with E-state index < -0.39 is 11.6 Å². The third-order valence-electron chi connectivity index (χ3n) is 1.91. The lowest BCUT2D eigenvalue weighted by atomic mass is 10.2. The summed E-state index contributed by atoms with van der Waals surface area (Å²) in [4.78, 5) is 3.80. The first kappa shape index (κ1) is 9.57. The van der Waals surface area contributed by atoms with Crippen LogP contribution in [0.4, 0.5) is 14.5 Å². The normalized spacial score (nSPS) is 10.8. The zero-order valence-electron chi connectivity index (χ0n) is 6.89. The number of anilines is 1. The molecule has 2 N–H and O–H groups in total. The Morgan fingerprint density at radius 3 is 2.57 bits per heavy atom. The van der Waals surface area contributed by atoms with Gasteiger partial charge in [0.1, 0.15) is 17.2 Å². The number of fused-ring (bicyclic) bond motifs is 1. The molecule has 0 saturated carbocycles. The number of nitrogens with two attached hydrogens (primary N) is 1. The zero-order valence-corrected chi connectivity index (χ0v) is 9.05. The van der Waals surface area contributed by atoms with E-state index in [9.17, 15) is 8.78 Å². The molecule has 0 spiro atoms. The highest BCUT2D eigenvalue weighted by Gasteiger charge is 2.11. The van der Waals surface area contributed by atoms with Gasteiger partial charge in [-0.05, 0) is 34.7 Å². The van der Waals surface area contributed by atoms with Crippen LogP contribution in [0.1, 0.15) is 0 Å². The van der Waals surface area contributed by atoms with Gasteiger partial charge < -0.3 is 5.73 Å². The molecule has 72 valence electrons. The van der Waals surface area contributed by atoms with E-state index in [1.165, 1.54) is 6.20 Å². The van der Waals surface area contributed by atoms with Gasteiger partial charge in [-0.1, -0.05) is 0 Å². The highest BCUT2D eigenvalue weighted by Crippen LogP contribution is 2.27. The SMILES string of the molecule is Nc1c(I)cnc2c(F)ccc(F)c12. The van der Waals surface area contributed by atoms with Crippen molar-refractivity contribution in [3.05, 3.63) is 33.5 Å². The number of benzene rings is 1. The van der Waals surface area contributed by atoms with Gasteiger partial charge in [-0.25, -0.2) is 8.78 Å². The van der Waals surface area contributed by atoms with E-state index in [4.69, 9.17) is 5.73 Å². The van der Waals surface area contributed by atoms with Gasteiger partial charge in [0.15, 0.2) is 0 Å². The Morgan fingerprint density at radius 1 is 1.21 bits per heavy atom. The second-order valence-corrected chi connectivity index (χ2v) is 3.93. The lowest BCUT2D eigenvalue weighted by Crippen LogP contribution is -1.97. The summed E-state index contributed by atoms with van der Waals surface area (Å²) in [5, 5.41) is 0.0527. The molecule has 2 aromatic rings. The van der Waals surface area contributed by atoms with Crippen LogP contribution in [0.25, 0.3) is 10.9 Å². The van der Waals surface area contributed by atoms with Gasteiger partial charge in [-0.15, -0.1) is 0 Å². The molecule has 0 radical (unpaired) electrons. The quantitative estimate of drug-likeness (QED) is 0.760. The van der Waals surface area contributed by atoms with Gasteiger partial charge in [0.2, 0.25) is 0 Å². The highest BCUT2D eigenvalue weighted by atomic mass is 127.